The number of carbonyl (C=O) groups excluding carboxylic acids is 1. The van der Waals surface area contributed by atoms with Gasteiger partial charge in [0, 0.05) is 31.8 Å². The summed E-state index contributed by atoms with van der Waals surface area (Å²) in [5.41, 5.74) is 0. The van der Waals surface area contributed by atoms with Crippen LogP contribution in [0.3, 0.4) is 0 Å². The molecule has 0 radical (unpaired) electrons. The van der Waals surface area contributed by atoms with E-state index < -0.39 is 0 Å². The first-order chi connectivity index (χ1) is 7.33. The van der Waals surface area contributed by atoms with E-state index >= 15 is 0 Å². The highest BCUT2D eigenvalue weighted by atomic mass is 16.1. The number of nitrogens with zero attached hydrogens (tertiary/aromatic N) is 1. The quantitative estimate of drug-likeness (QED) is 0.671. The molecule has 2 N–H and O–H groups in total. The van der Waals surface area contributed by atoms with Gasteiger partial charge in [-0.15, -0.1) is 0 Å². The van der Waals surface area contributed by atoms with Gasteiger partial charge in [0.15, 0.2) is 0 Å². The van der Waals surface area contributed by atoms with E-state index in [2.05, 4.69) is 22.2 Å². The molecule has 0 saturated heterocycles. The second-order valence-corrected chi connectivity index (χ2v) is 3.59. The number of aromatic amines is 1. The van der Waals surface area contributed by atoms with E-state index in [4.69, 9.17) is 0 Å². The standard InChI is InChI=1S/C11H19N3O/c1-2-3-4-5-11(15)14-7-6-10-12-8-9-13-10/h8-9H,2-7H2,1H3,(H,12,13)(H,14,15). The maximum atomic E-state index is 11.3. The maximum absolute atomic E-state index is 11.3. The molecule has 1 aromatic rings. The van der Waals surface area contributed by atoms with Gasteiger partial charge in [-0.2, -0.15) is 0 Å². The molecule has 0 atom stereocenters. The molecule has 1 rings (SSSR count). The fourth-order valence-corrected chi connectivity index (χ4v) is 1.38. The Labute approximate surface area is 90.5 Å². The number of unbranched alkanes of at least 4 members (excludes halogenated alkanes) is 2. The van der Waals surface area contributed by atoms with Gasteiger partial charge >= 0.3 is 0 Å². The molecule has 0 aliphatic rings. The third kappa shape index (κ3) is 5.20. The Balaban J connectivity index is 2.02. The van der Waals surface area contributed by atoms with Crippen molar-refractivity contribution in [2.24, 2.45) is 0 Å². The first-order valence-electron chi connectivity index (χ1n) is 5.58. The second-order valence-electron chi connectivity index (χ2n) is 3.59. The number of rotatable bonds is 7. The molecule has 0 bridgehead atoms. The first kappa shape index (κ1) is 11.8. The highest BCUT2D eigenvalue weighted by Crippen LogP contribution is 1.98. The molecule has 0 fully saturated rings. The predicted octanol–water partition coefficient (Wildman–Crippen LogP) is 1.65. The zero-order chi connectivity index (χ0) is 10.9. The van der Waals surface area contributed by atoms with Gasteiger partial charge < -0.3 is 10.3 Å². The number of H-pyrrole nitrogens is 1. The SMILES string of the molecule is CCCCCC(=O)NCCc1ncc[nH]1. The lowest BCUT2D eigenvalue weighted by Crippen LogP contribution is -2.25. The average molecular weight is 209 g/mol. The molecule has 0 aliphatic heterocycles. The van der Waals surface area contributed by atoms with E-state index in [1.54, 1.807) is 12.4 Å². The van der Waals surface area contributed by atoms with Crippen molar-refractivity contribution in [3.63, 3.8) is 0 Å². The van der Waals surface area contributed by atoms with Gasteiger partial charge in [0.2, 0.25) is 5.91 Å². The molecule has 15 heavy (non-hydrogen) atoms. The smallest absolute Gasteiger partial charge is 0.220 e. The maximum Gasteiger partial charge on any atom is 0.220 e. The summed E-state index contributed by atoms with van der Waals surface area (Å²) in [5.74, 6) is 1.07. The summed E-state index contributed by atoms with van der Waals surface area (Å²) in [4.78, 5) is 18.4. The van der Waals surface area contributed by atoms with Crippen molar-refractivity contribution in [1.29, 1.82) is 0 Å². The van der Waals surface area contributed by atoms with Crippen LogP contribution in [-0.2, 0) is 11.2 Å². The van der Waals surface area contributed by atoms with Crippen molar-refractivity contribution in [1.82, 2.24) is 15.3 Å². The molecule has 1 amide bonds. The van der Waals surface area contributed by atoms with Gasteiger partial charge in [-0.3, -0.25) is 4.79 Å². The van der Waals surface area contributed by atoms with E-state index in [1.807, 2.05) is 0 Å². The molecule has 0 aliphatic carbocycles. The summed E-state index contributed by atoms with van der Waals surface area (Å²) in [5, 5.41) is 2.88. The summed E-state index contributed by atoms with van der Waals surface area (Å²) in [7, 11) is 0. The minimum atomic E-state index is 0.148. The van der Waals surface area contributed by atoms with E-state index in [0.717, 1.165) is 31.5 Å². The molecule has 0 aromatic carbocycles. The summed E-state index contributed by atoms with van der Waals surface area (Å²) < 4.78 is 0. The molecule has 0 unspecified atom stereocenters. The highest BCUT2D eigenvalue weighted by Gasteiger charge is 2.00. The van der Waals surface area contributed by atoms with Crippen LogP contribution >= 0.6 is 0 Å². The Bertz CT molecular complexity index is 269. The van der Waals surface area contributed by atoms with Gasteiger partial charge in [-0.25, -0.2) is 4.98 Å². The van der Waals surface area contributed by atoms with Gasteiger partial charge in [-0.1, -0.05) is 19.8 Å². The van der Waals surface area contributed by atoms with E-state index in [-0.39, 0.29) is 5.91 Å². The Morgan fingerprint density at radius 2 is 2.40 bits per heavy atom. The first-order valence-corrected chi connectivity index (χ1v) is 5.58. The van der Waals surface area contributed by atoms with Crippen LogP contribution in [0, 0.1) is 0 Å². The van der Waals surface area contributed by atoms with Crippen molar-refractivity contribution >= 4 is 5.91 Å². The number of hydrogen-bond donors (Lipinski definition) is 2. The van der Waals surface area contributed by atoms with Crippen LogP contribution in [0.1, 0.15) is 38.4 Å². The van der Waals surface area contributed by atoms with Gasteiger partial charge in [0.25, 0.3) is 0 Å². The zero-order valence-electron chi connectivity index (χ0n) is 9.25. The van der Waals surface area contributed by atoms with Crippen LogP contribution in [0.2, 0.25) is 0 Å². The highest BCUT2D eigenvalue weighted by molar-refractivity contribution is 5.75. The van der Waals surface area contributed by atoms with Crippen LogP contribution < -0.4 is 5.32 Å². The monoisotopic (exact) mass is 209 g/mol. The van der Waals surface area contributed by atoms with Gasteiger partial charge in [-0.05, 0) is 6.42 Å². The molecule has 1 aromatic heterocycles. The van der Waals surface area contributed by atoms with E-state index in [1.165, 1.54) is 0 Å². The Morgan fingerprint density at radius 3 is 3.07 bits per heavy atom. The van der Waals surface area contributed by atoms with Crippen molar-refractivity contribution in [2.45, 2.75) is 39.0 Å². The number of nitrogens with one attached hydrogen (secondary N) is 2. The third-order valence-electron chi connectivity index (χ3n) is 2.25. The third-order valence-corrected chi connectivity index (χ3v) is 2.25. The van der Waals surface area contributed by atoms with Crippen LogP contribution in [0.15, 0.2) is 12.4 Å². The van der Waals surface area contributed by atoms with Crippen LogP contribution in [0.25, 0.3) is 0 Å². The predicted molar refractivity (Wildman–Crippen MR) is 59.4 cm³/mol. The summed E-state index contributed by atoms with van der Waals surface area (Å²) in [6.07, 6.45) is 8.20. The Kier molecular flexibility index (Phi) is 5.51. The fraction of sp³-hybridized carbons (Fsp3) is 0.636. The second kappa shape index (κ2) is 7.04. The Morgan fingerprint density at radius 1 is 1.53 bits per heavy atom. The van der Waals surface area contributed by atoms with Crippen LogP contribution in [0.4, 0.5) is 0 Å². The van der Waals surface area contributed by atoms with E-state index in [9.17, 15) is 4.79 Å². The molecular formula is C11H19N3O. The molecule has 84 valence electrons. The molecular weight excluding hydrogens is 190 g/mol. The molecule has 1 heterocycles. The lowest BCUT2D eigenvalue weighted by atomic mass is 10.2. The number of carbonyl (C=O) groups is 1. The summed E-state index contributed by atoms with van der Waals surface area (Å²) in [6, 6.07) is 0. The number of hydrogen-bond acceptors (Lipinski definition) is 2. The minimum Gasteiger partial charge on any atom is -0.356 e. The normalized spacial score (nSPS) is 10.2. The Hall–Kier alpha value is -1.32. The molecule has 4 nitrogen and oxygen atoms in total. The van der Waals surface area contributed by atoms with E-state index in [0.29, 0.717) is 13.0 Å². The van der Waals surface area contributed by atoms with Crippen molar-refractivity contribution < 1.29 is 4.79 Å². The van der Waals surface area contributed by atoms with Crippen molar-refractivity contribution in [3.05, 3.63) is 18.2 Å². The average Bonchev–Trinajstić information content (AvgIpc) is 2.71. The number of amides is 1. The minimum absolute atomic E-state index is 0.148. The van der Waals surface area contributed by atoms with Crippen LogP contribution in [-0.4, -0.2) is 22.4 Å². The van der Waals surface area contributed by atoms with Crippen molar-refractivity contribution in [2.75, 3.05) is 6.54 Å². The van der Waals surface area contributed by atoms with Gasteiger partial charge in [0.05, 0.1) is 0 Å². The largest absolute Gasteiger partial charge is 0.356 e. The topological polar surface area (TPSA) is 57.8 Å². The number of aromatic nitrogens is 2. The van der Waals surface area contributed by atoms with Crippen molar-refractivity contribution in [3.8, 4) is 0 Å². The molecule has 0 saturated carbocycles. The zero-order valence-corrected chi connectivity index (χ0v) is 9.25. The lowest BCUT2D eigenvalue weighted by Gasteiger charge is -2.03. The fourth-order valence-electron chi connectivity index (χ4n) is 1.38. The van der Waals surface area contributed by atoms with Crippen LogP contribution in [0.5, 0.6) is 0 Å². The summed E-state index contributed by atoms with van der Waals surface area (Å²) in [6.45, 7) is 2.80. The molecule has 4 heteroatoms. The molecule has 0 spiro atoms. The lowest BCUT2D eigenvalue weighted by molar-refractivity contribution is -0.121. The summed E-state index contributed by atoms with van der Waals surface area (Å²) >= 11 is 0. The van der Waals surface area contributed by atoms with Gasteiger partial charge in [0.1, 0.15) is 5.82 Å². The number of imidazole rings is 1.